The molecule has 3 heteroatoms. The molecule has 0 aromatic heterocycles. The summed E-state index contributed by atoms with van der Waals surface area (Å²) in [4.78, 5) is 11.3. The summed E-state index contributed by atoms with van der Waals surface area (Å²) in [6.45, 7) is 2.74. The fourth-order valence-corrected chi connectivity index (χ4v) is 1.26. The SMILES string of the molecule is CCCNC(=O)CCc1ccc(F)cc1. The second-order valence-corrected chi connectivity index (χ2v) is 3.48. The van der Waals surface area contributed by atoms with Gasteiger partial charge in [0.1, 0.15) is 5.82 Å². The summed E-state index contributed by atoms with van der Waals surface area (Å²) >= 11 is 0. The zero-order valence-electron chi connectivity index (χ0n) is 8.92. The molecule has 0 bridgehead atoms. The zero-order chi connectivity index (χ0) is 11.1. The van der Waals surface area contributed by atoms with Gasteiger partial charge in [0.05, 0.1) is 0 Å². The van der Waals surface area contributed by atoms with E-state index in [1.807, 2.05) is 6.92 Å². The molecule has 1 amide bonds. The maximum atomic E-state index is 12.6. The monoisotopic (exact) mass is 209 g/mol. The number of halogens is 1. The van der Waals surface area contributed by atoms with E-state index in [0.29, 0.717) is 12.8 Å². The highest BCUT2D eigenvalue weighted by atomic mass is 19.1. The van der Waals surface area contributed by atoms with E-state index in [0.717, 1.165) is 18.5 Å². The molecular weight excluding hydrogens is 193 g/mol. The third kappa shape index (κ3) is 4.58. The Labute approximate surface area is 89.5 Å². The number of rotatable bonds is 5. The maximum Gasteiger partial charge on any atom is 0.220 e. The lowest BCUT2D eigenvalue weighted by molar-refractivity contribution is -0.121. The highest BCUT2D eigenvalue weighted by Crippen LogP contribution is 2.05. The molecule has 15 heavy (non-hydrogen) atoms. The molecule has 2 nitrogen and oxygen atoms in total. The van der Waals surface area contributed by atoms with Crippen LogP contribution in [0.1, 0.15) is 25.3 Å². The number of hydrogen-bond acceptors (Lipinski definition) is 1. The first-order chi connectivity index (χ1) is 7.22. The Morgan fingerprint density at radius 1 is 1.33 bits per heavy atom. The number of amides is 1. The van der Waals surface area contributed by atoms with Crippen molar-refractivity contribution in [1.29, 1.82) is 0 Å². The molecule has 82 valence electrons. The van der Waals surface area contributed by atoms with Crippen molar-refractivity contribution in [3.8, 4) is 0 Å². The molecule has 0 saturated carbocycles. The van der Waals surface area contributed by atoms with E-state index < -0.39 is 0 Å². The van der Waals surface area contributed by atoms with E-state index >= 15 is 0 Å². The number of benzene rings is 1. The van der Waals surface area contributed by atoms with Crippen LogP contribution in [-0.2, 0) is 11.2 Å². The van der Waals surface area contributed by atoms with Gasteiger partial charge in [-0.1, -0.05) is 19.1 Å². The topological polar surface area (TPSA) is 29.1 Å². The summed E-state index contributed by atoms with van der Waals surface area (Å²) < 4.78 is 12.6. The summed E-state index contributed by atoms with van der Waals surface area (Å²) in [5.74, 6) is -0.185. The molecule has 0 radical (unpaired) electrons. The predicted octanol–water partition coefficient (Wildman–Crippen LogP) is 2.28. The second kappa shape index (κ2) is 6.17. The van der Waals surface area contributed by atoms with E-state index in [1.54, 1.807) is 12.1 Å². The Hall–Kier alpha value is -1.38. The first-order valence-electron chi connectivity index (χ1n) is 5.23. The quantitative estimate of drug-likeness (QED) is 0.792. The van der Waals surface area contributed by atoms with Crippen LogP contribution in [0.15, 0.2) is 24.3 Å². The van der Waals surface area contributed by atoms with Crippen LogP contribution in [0, 0.1) is 5.82 Å². The lowest BCUT2D eigenvalue weighted by Gasteiger charge is -2.03. The molecule has 0 aliphatic heterocycles. The lowest BCUT2D eigenvalue weighted by atomic mass is 10.1. The summed E-state index contributed by atoms with van der Waals surface area (Å²) in [7, 11) is 0. The van der Waals surface area contributed by atoms with Crippen LogP contribution in [0.25, 0.3) is 0 Å². The lowest BCUT2D eigenvalue weighted by Crippen LogP contribution is -2.24. The van der Waals surface area contributed by atoms with Gasteiger partial charge in [0, 0.05) is 13.0 Å². The molecule has 1 aromatic rings. The Morgan fingerprint density at radius 3 is 2.60 bits per heavy atom. The van der Waals surface area contributed by atoms with E-state index in [9.17, 15) is 9.18 Å². The van der Waals surface area contributed by atoms with Crippen LogP contribution in [0.5, 0.6) is 0 Å². The van der Waals surface area contributed by atoms with Gasteiger partial charge in [0.2, 0.25) is 5.91 Å². The molecule has 1 N–H and O–H groups in total. The van der Waals surface area contributed by atoms with E-state index in [2.05, 4.69) is 5.32 Å². The molecular formula is C12H16FNO. The maximum absolute atomic E-state index is 12.6. The summed E-state index contributed by atoms with van der Waals surface area (Å²) in [6, 6.07) is 6.25. The van der Waals surface area contributed by atoms with Gasteiger partial charge in [-0.05, 0) is 30.5 Å². The van der Waals surface area contributed by atoms with Gasteiger partial charge in [-0.25, -0.2) is 4.39 Å². The summed E-state index contributed by atoms with van der Waals surface area (Å²) in [6.07, 6.45) is 2.07. The third-order valence-corrected chi connectivity index (χ3v) is 2.13. The van der Waals surface area contributed by atoms with Crippen molar-refractivity contribution in [2.75, 3.05) is 6.54 Å². The minimum absolute atomic E-state index is 0.0566. The van der Waals surface area contributed by atoms with E-state index in [4.69, 9.17) is 0 Å². The fourth-order valence-electron chi connectivity index (χ4n) is 1.26. The molecule has 0 fully saturated rings. The molecule has 0 aliphatic carbocycles. The molecule has 0 heterocycles. The van der Waals surface area contributed by atoms with E-state index in [-0.39, 0.29) is 11.7 Å². The number of hydrogen-bond donors (Lipinski definition) is 1. The van der Waals surface area contributed by atoms with Crippen LogP contribution in [0.3, 0.4) is 0 Å². The van der Waals surface area contributed by atoms with Crippen LogP contribution in [0.4, 0.5) is 4.39 Å². The van der Waals surface area contributed by atoms with Gasteiger partial charge in [-0.15, -0.1) is 0 Å². The molecule has 0 unspecified atom stereocenters. The Morgan fingerprint density at radius 2 is 2.00 bits per heavy atom. The fraction of sp³-hybridized carbons (Fsp3) is 0.417. The summed E-state index contributed by atoms with van der Waals surface area (Å²) in [5, 5.41) is 2.80. The Kier molecular flexibility index (Phi) is 4.81. The normalized spacial score (nSPS) is 10.0. The predicted molar refractivity (Wildman–Crippen MR) is 58.0 cm³/mol. The van der Waals surface area contributed by atoms with Crippen LogP contribution < -0.4 is 5.32 Å². The first-order valence-corrected chi connectivity index (χ1v) is 5.23. The zero-order valence-corrected chi connectivity index (χ0v) is 8.92. The largest absolute Gasteiger partial charge is 0.356 e. The van der Waals surface area contributed by atoms with E-state index in [1.165, 1.54) is 12.1 Å². The standard InChI is InChI=1S/C12H16FNO/c1-2-9-14-12(15)8-5-10-3-6-11(13)7-4-10/h3-4,6-7H,2,5,8-9H2,1H3,(H,14,15). The molecule has 0 saturated heterocycles. The van der Waals surface area contributed by atoms with Crippen molar-refractivity contribution in [2.45, 2.75) is 26.2 Å². The number of nitrogens with one attached hydrogen (secondary N) is 1. The van der Waals surface area contributed by atoms with Crippen LogP contribution in [-0.4, -0.2) is 12.5 Å². The molecule has 1 rings (SSSR count). The average Bonchev–Trinajstić information content (AvgIpc) is 2.25. The van der Waals surface area contributed by atoms with Gasteiger partial charge < -0.3 is 5.32 Å². The van der Waals surface area contributed by atoms with Crippen molar-refractivity contribution < 1.29 is 9.18 Å². The van der Waals surface area contributed by atoms with Gasteiger partial charge in [0.15, 0.2) is 0 Å². The third-order valence-electron chi connectivity index (χ3n) is 2.13. The summed E-state index contributed by atoms with van der Waals surface area (Å²) in [5.41, 5.74) is 0.989. The van der Waals surface area contributed by atoms with Crippen molar-refractivity contribution >= 4 is 5.91 Å². The number of aryl methyl sites for hydroxylation is 1. The van der Waals surface area contributed by atoms with Gasteiger partial charge in [0.25, 0.3) is 0 Å². The van der Waals surface area contributed by atoms with Gasteiger partial charge in [-0.3, -0.25) is 4.79 Å². The highest BCUT2D eigenvalue weighted by molar-refractivity contribution is 5.76. The van der Waals surface area contributed by atoms with Gasteiger partial charge >= 0.3 is 0 Å². The molecule has 0 aliphatic rings. The minimum atomic E-state index is -0.241. The highest BCUT2D eigenvalue weighted by Gasteiger charge is 2.00. The van der Waals surface area contributed by atoms with Gasteiger partial charge in [-0.2, -0.15) is 0 Å². The smallest absolute Gasteiger partial charge is 0.220 e. The minimum Gasteiger partial charge on any atom is -0.356 e. The first kappa shape index (κ1) is 11.7. The van der Waals surface area contributed by atoms with Crippen LogP contribution in [0.2, 0.25) is 0 Å². The average molecular weight is 209 g/mol. The molecule has 0 atom stereocenters. The van der Waals surface area contributed by atoms with Crippen molar-refractivity contribution in [1.82, 2.24) is 5.32 Å². The number of carbonyl (C=O) groups excluding carboxylic acids is 1. The second-order valence-electron chi connectivity index (χ2n) is 3.48. The van der Waals surface area contributed by atoms with Crippen molar-refractivity contribution in [3.05, 3.63) is 35.6 Å². The van der Waals surface area contributed by atoms with Crippen molar-refractivity contribution in [2.24, 2.45) is 0 Å². The number of carbonyl (C=O) groups is 1. The van der Waals surface area contributed by atoms with Crippen LogP contribution >= 0.6 is 0 Å². The molecule has 0 spiro atoms. The Bertz CT molecular complexity index is 308. The Balaban J connectivity index is 2.30. The van der Waals surface area contributed by atoms with Crippen molar-refractivity contribution in [3.63, 3.8) is 0 Å². The molecule has 1 aromatic carbocycles.